The molecule has 138 valence electrons. The summed E-state index contributed by atoms with van der Waals surface area (Å²) in [5.41, 5.74) is 0.565. The van der Waals surface area contributed by atoms with Crippen molar-refractivity contribution in [3.05, 3.63) is 18.2 Å². The molecule has 0 aromatic heterocycles. The molecule has 1 aromatic carbocycles. The van der Waals surface area contributed by atoms with Crippen LogP contribution in [0.25, 0.3) is 0 Å². The molecular formula is C16H23N3O4S2. The van der Waals surface area contributed by atoms with Crippen LogP contribution in [0.2, 0.25) is 0 Å². The first-order valence-corrected chi connectivity index (χ1v) is 10.7. The average molecular weight is 386 g/mol. The van der Waals surface area contributed by atoms with Crippen LogP contribution in [0.3, 0.4) is 0 Å². The number of morpholine rings is 1. The number of carbonyl (C=O) groups excluding carboxylic acids is 1. The van der Waals surface area contributed by atoms with Crippen LogP contribution >= 0.6 is 11.8 Å². The molecule has 0 saturated carbocycles. The Kier molecular flexibility index (Phi) is 6.00. The fourth-order valence-electron chi connectivity index (χ4n) is 2.84. The minimum absolute atomic E-state index is 0.0893. The molecule has 1 aromatic rings. The molecule has 25 heavy (non-hydrogen) atoms. The Labute approximate surface area is 152 Å². The second-order valence-corrected chi connectivity index (χ2v) is 9.44. The lowest BCUT2D eigenvalue weighted by molar-refractivity contribution is -0.116. The minimum Gasteiger partial charge on any atom is -0.379 e. The number of nitrogens with one attached hydrogen (secondary N) is 2. The third-order valence-electron chi connectivity index (χ3n) is 4.16. The van der Waals surface area contributed by atoms with Gasteiger partial charge >= 0.3 is 0 Å². The van der Waals surface area contributed by atoms with E-state index in [0.29, 0.717) is 38.4 Å². The summed E-state index contributed by atoms with van der Waals surface area (Å²) in [4.78, 5) is 15.1. The highest BCUT2D eigenvalue weighted by atomic mass is 32.2. The lowest BCUT2D eigenvalue weighted by Crippen LogP contribution is -2.41. The van der Waals surface area contributed by atoms with E-state index in [1.54, 1.807) is 23.9 Å². The van der Waals surface area contributed by atoms with Crippen LogP contribution in [0.15, 0.2) is 28.0 Å². The molecule has 0 aliphatic carbocycles. The van der Waals surface area contributed by atoms with Crippen molar-refractivity contribution in [1.29, 1.82) is 0 Å². The monoisotopic (exact) mass is 385 g/mol. The van der Waals surface area contributed by atoms with E-state index in [1.807, 2.05) is 6.92 Å². The normalized spacial score (nSPS) is 22.1. The Balaban J connectivity index is 1.66. The van der Waals surface area contributed by atoms with Crippen molar-refractivity contribution in [1.82, 2.24) is 9.62 Å². The topological polar surface area (TPSA) is 87.7 Å². The van der Waals surface area contributed by atoms with Gasteiger partial charge in [-0.2, -0.15) is 0 Å². The predicted octanol–water partition coefficient (Wildman–Crippen LogP) is 1.12. The lowest BCUT2D eigenvalue weighted by Gasteiger charge is -2.26. The smallest absolute Gasteiger partial charge is 0.240 e. The number of benzene rings is 1. The SMILES string of the molecule is C[C@@H]1CC(=O)Nc2cc(S(=O)(=O)NCCN3CCOCC3)ccc2S1. The molecule has 0 spiro atoms. The fourth-order valence-corrected chi connectivity index (χ4v) is 4.94. The first-order chi connectivity index (χ1) is 11.9. The number of ether oxygens (including phenoxy) is 1. The zero-order chi connectivity index (χ0) is 17.9. The van der Waals surface area contributed by atoms with Crippen molar-refractivity contribution in [2.45, 2.75) is 28.4 Å². The van der Waals surface area contributed by atoms with E-state index in [2.05, 4.69) is 14.9 Å². The van der Waals surface area contributed by atoms with Crippen molar-refractivity contribution in [2.24, 2.45) is 0 Å². The van der Waals surface area contributed by atoms with Gasteiger partial charge in [-0.05, 0) is 18.2 Å². The standard InChI is InChI=1S/C16H23N3O4S2/c1-12-10-16(20)18-14-11-13(2-3-15(14)24-12)25(21,22)17-4-5-19-6-8-23-9-7-19/h2-3,11-12,17H,4-10H2,1H3,(H,18,20)/t12-/m1/s1. The zero-order valence-corrected chi connectivity index (χ0v) is 15.8. The third-order valence-corrected chi connectivity index (χ3v) is 6.80. The van der Waals surface area contributed by atoms with Gasteiger partial charge in [0.15, 0.2) is 0 Å². The van der Waals surface area contributed by atoms with Gasteiger partial charge in [-0.3, -0.25) is 9.69 Å². The summed E-state index contributed by atoms with van der Waals surface area (Å²) in [5.74, 6) is -0.0893. The second-order valence-electron chi connectivity index (χ2n) is 6.19. The molecule has 1 saturated heterocycles. The Hall–Kier alpha value is -1.13. The van der Waals surface area contributed by atoms with Gasteiger partial charge in [0, 0.05) is 42.7 Å². The number of carbonyl (C=O) groups is 1. The molecule has 2 heterocycles. The molecule has 2 aliphatic heterocycles. The molecule has 9 heteroatoms. The minimum atomic E-state index is -3.61. The van der Waals surface area contributed by atoms with Gasteiger partial charge in [-0.1, -0.05) is 6.92 Å². The maximum atomic E-state index is 12.5. The van der Waals surface area contributed by atoms with Gasteiger partial charge in [0.05, 0.1) is 23.8 Å². The second kappa shape index (κ2) is 8.05. The van der Waals surface area contributed by atoms with E-state index in [1.165, 1.54) is 6.07 Å². The summed E-state index contributed by atoms with van der Waals surface area (Å²) in [6.07, 6.45) is 0.416. The molecule has 2 N–H and O–H groups in total. The van der Waals surface area contributed by atoms with Crippen LogP contribution in [-0.4, -0.2) is 63.9 Å². The Morgan fingerprint density at radius 1 is 1.36 bits per heavy atom. The van der Waals surface area contributed by atoms with Crippen molar-refractivity contribution in [3.63, 3.8) is 0 Å². The number of fused-ring (bicyclic) bond motifs is 1. The molecule has 7 nitrogen and oxygen atoms in total. The van der Waals surface area contributed by atoms with Crippen LogP contribution in [0.4, 0.5) is 5.69 Å². The molecule has 2 aliphatic rings. The van der Waals surface area contributed by atoms with Gasteiger partial charge in [-0.25, -0.2) is 13.1 Å². The summed E-state index contributed by atoms with van der Waals surface area (Å²) in [5, 5.41) is 2.96. The van der Waals surface area contributed by atoms with E-state index in [0.717, 1.165) is 18.0 Å². The van der Waals surface area contributed by atoms with Crippen LogP contribution < -0.4 is 10.0 Å². The van der Waals surface area contributed by atoms with Gasteiger partial charge in [0.25, 0.3) is 0 Å². The largest absolute Gasteiger partial charge is 0.379 e. The summed E-state index contributed by atoms with van der Waals surface area (Å²) in [7, 11) is -3.61. The van der Waals surface area contributed by atoms with Crippen molar-refractivity contribution >= 4 is 33.4 Å². The summed E-state index contributed by atoms with van der Waals surface area (Å²) >= 11 is 1.58. The quantitative estimate of drug-likeness (QED) is 0.790. The van der Waals surface area contributed by atoms with E-state index in [-0.39, 0.29) is 16.1 Å². The molecule has 0 unspecified atom stereocenters. The van der Waals surface area contributed by atoms with Crippen LogP contribution in [-0.2, 0) is 19.6 Å². The Morgan fingerprint density at radius 2 is 2.12 bits per heavy atom. The van der Waals surface area contributed by atoms with Gasteiger partial charge in [-0.15, -0.1) is 11.8 Å². The molecule has 3 rings (SSSR count). The number of hydrogen-bond acceptors (Lipinski definition) is 6. The van der Waals surface area contributed by atoms with Crippen LogP contribution in [0, 0.1) is 0 Å². The highest BCUT2D eigenvalue weighted by Crippen LogP contribution is 2.36. The lowest BCUT2D eigenvalue weighted by atomic mass is 10.3. The number of nitrogens with zero attached hydrogens (tertiary/aromatic N) is 1. The third kappa shape index (κ3) is 4.95. The maximum Gasteiger partial charge on any atom is 0.240 e. The molecule has 0 radical (unpaired) electrons. The highest BCUT2D eigenvalue weighted by molar-refractivity contribution is 8.00. The van der Waals surface area contributed by atoms with Crippen LogP contribution in [0.5, 0.6) is 0 Å². The van der Waals surface area contributed by atoms with Crippen molar-refractivity contribution < 1.29 is 17.9 Å². The average Bonchev–Trinajstić information content (AvgIpc) is 2.71. The summed E-state index contributed by atoms with van der Waals surface area (Å²) in [6.45, 7) is 6.00. The van der Waals surface area contributed by atoms with Gasteiger partial charge < -0.3 is 10.1 Å². The number of hydrogen-bond donors (Lipinski definition) is 2. The maximum absolute atomic E-state index is 12.5. The van der Waals surface area contributed by atoms with Crippen molar-refractivity contribution in [2.75, 3.05) is 44.7 Å². The van der Waals surface area contributed by atoms with E-state index in [9.17, 15) is 13.2 Å². The molecule has 1 fully saturated rings. The van der Waals surface area contributed by atoms with E-state index in [4.69, 9.17) is 4.74 Å². The van der Waals surface area contributed by atoms with E-state index >= 15 is 0 Å². The predicted molar refractivity (Wildman–Crippen MR) is 97.5 cm³/mol. The zero-order valence-electron chi connectivity index (χ0n) is 14.2. The fraction of sp³-hybridized carbons (Fsp3) is 0.562. The Bertz CT molecular complexity index is 733. The first-order valence-electron chi connectivity index (χ1n) is 8.34. The number of sulfonamides is 1. The highest BCUT2D eigenvalue weighted by Gasteiger charge is 2.22. The molecular weight excluding hydrogens is 362 g/mol. The molecule has 0 bridgehead atoms. The Morgan fingerprint density at radius 3 is 2.88 bits per heavy atom. The number of anilines is 1. The molecule has 1 amide bonds. The van der Waals surface area contributed by atoms with E-state index < -0.39 is 10.0 Å². The van der Waals surface area contributed by atoms with Gasteiger partial charge in [0.2, 0.25) is 15.9 Å². The number of amides is 1. The summed E-state index contributed by atoms with van der Waals surface area (Å²) < 4.78 is 32.9. The first kappa shape index (κ1) is 18.7. The van der Waals surface area contributed by atoms with Crippen LogP contribution in [0.1, 0.15) is 13.3 Å². The van der Waals surface area contributed by atoms with Gasteiger partial charge in [0.1, 0.15) is 0 Å². The number of rotatable bonds is 5. The van der Waals surface area contributed by atoms with Crippen molar-refractivity contribution in [3.8, 4) is 0 Å². The summed E-state index contributed by atoms with van der Waals surface area (Å²) in [6, 6.07) is 4.89. The number of thioether (sulfide) groups is 1. The molecule has 1 atom stereocenters.